The van der Waals surface area contributed by atoms with Crippen LogP contribution in [0.25, 0.3) is 22.2 Å². The van der Waals surface area contributed by atoms with Gasteiger partial charge in [-0.05, 0) is 71.8 Å². The molecule has 10 nitrogen and oxygen atoms in total. The first kappa shape index (κ1) is 33.0. The second-order valence-electron chi connectivity index (χ2n) is 12.5. The largest absolute Gasteiger partial charge is 0.462 e. The molecular formula is C31H38ClF3N6O4. The number of aliphatic hydroxyl groups excluding tert-OH is 1. The third-order valence-electron chi connectivity index (χ3n) is 8.17. The number of pyridine rings is 1. The van der Waals surface area contributed by atoms with Gasteiger partial charge < -0.3 is 24.4 Å². The first-order valence-corrected chi connectivity index (χ1v) is 15.3. The number of aliphatic hydroxyl groups is 1. The molecule has 2 aliphatic rings. The third-order valence-corrected chi connectivity index (χ3v) is 8.48. The van der Waals surface area contributed by atoms with Crippen molar-refractivity contribution in [3.05, 3.63) is 40.5 Å². The van der Waals surface area contributed by atoms with E-state index >= 15 is 0 Å². The van der Waals surface area contributed by atoms with Gasteiger partial charge >= 0.3 is 18.3 Å². The lowest BCUT2D eigenvalue weighted by Gasteiger charge is -2.36. The van der Waals surface area contributed by atoms with Gasteiger partial charge in [0.05, 0.1) is 28.4 Å². The quantitative estimate of drug-likeness (QED) is 0.367. The molecule has 1 aromatic carbocycles. The summed E-state index contributed by atoms with van der Waals surface area (Å²) in [6.45, 7) is 8.96. The molecular weight excluding hydrogens is 613 g/mol. The average Bonchev–Trinajstić information content (AvgIpc) is 3.33. The number of nitrogens with zero attached hydrogens (tertiary/aromatic N) is 6. The van der Waals surface area contributed by atoms with Crippen LogP contribution in [0.15, 0.2) is 24.3 Å². The number of amides is 1. The van der Waals surface area contributed by atoms with Gasteiger partial charge in [-0.1, -0.05) is 11.6 Å². The monoisotopic (exact) mass is 650 g/mol. The molecule has 2 aromatic heterocycles. The van der Waals surface area contributed by atoms with Gasteiger partial charge in [0, 0.05) is 54.9 Å². The lowest BCUT2D eigenvalue weighted by Crippen LogP contribution is -2.50. The summed E-state index contributed by atoms with van der Waals surface area (Å²) in [7, 11) is 1.93. The fourth-order valence-corrected chi connectivity index (χ4v) is 5.95. The van der Waals surface area contributed by atoms with E-state index in [2.05, 4.69) is 14.9 Å². The molecule has 2 aliphatic heterocycles. The summed E-state index contributed by atoms with van der Waals surface area (Å²) in [4.78, 5) is 31.9. The molecule has 1 N–H and O–H groups in total. The summed E-state index contributed by atoms with van der Waals surface area (Å²) in [6, 6.07) is 5.51. The predicted octanol–water partition coefficient (Wildman–Crippen LogP) is 5.56. The summed E-state index contributed by atoms with van der Waals surface area (Å²) in [6.07, 6.45) is -3.39. The molecule has 0 radical (unpaired) electrons. The Bertz CT molecular complexity index is 1560. The van der Waals surface area contributed by atoms with Crippen LogP contribution in [-0.2, 0) is 10.9 Å². The summed E-state index contributed by atoms with van der Waals surface area (Å²) in [5.74, 6) is 0.494. The molecule has 2 saturated heterocycles. The Hall–Kier alpha value is -3.42. The number of rotatable bonds is 6. The maximum absolute atomic E-state index is 14.0. The molecule has 3 aromatic rings. The van der Waals surface area contributed by atoms with E-state index in [1.54, 1.807) is 17.9 Å². The Morgan fingerprint density at radius 1 is 1.04 bits per heavy atom. The van der Waals surface area contributed by atoms with Crippen molar-refractivity contribution >= 4 is 34.4 Å². The minimum atomic E-state index is -4.65. The number of likely N-dealkylation sites (N-methyl/N-ethyl adjacent to an activating group) is 1. The SMILES string of the molecule is Cc1ccc(C(F)(F)F)c(-c2cc3nc(OCC4CCC(CO)N4C)nc(N4CCN(C(=O)OC(C)(C)C)CC4)c3cc2Cl)n1. The second-order valence-corrected chi connectivity index (χ2v) is 12.9. The highest BCUT2D eigenvalue weighted by atomic mass is 35.5. The molecule has 2 fully saturated rings. The van der Waals surface area contributed by atoms with Crippen LogP contribution in [0, 0.1) is 6.92 Å². The number of aryl methyl sites for hydroxylation is 1. The van der Waals surface area contributed by atoms with E-state index in [9.17, 15) is 23.1 Å². The number of hydrogen-bond acceptors (Lipinski definition) is 9. The van der Waals surface area contributed by atoms with Gasteiger partial charge in [-0.3, -0.25) is 9.88 Å². The number of benzene rings is 1. The summed E-state index contributed by atoms with van der Waals surface area (Å²) in [5.41, 5.74) is -0.973. The minimum absolute atomic E-state index is 0.0360. The zero-order valence-corrected chi connectivity index (χ0v) is 26.7. The molecule has 45 heavy (non-hydrogen) atoms. The number of anilines is 1. The fourth-order valence-electron chi connectivity index (χ4n) is 5.70. The van der Waals surface area contributed by atoms with E-state index in [-0.39, 0.29) is 47.6 Å². The van der Waals surface area contributed by atoms with Crippen LogP contribution in [-0.4, -0.2) is 100 Å². The molecule has 2 atom stereocenters. The number of hydrogen-bond donors (Lipinski definition) is 1. The molecule has 1 amide bonds. The normalized spacial score (nSPS) is 19.8. The van der Waals surface area contributed by atoms with Crippen molar-refractivity contribution in [2.45, 2.75) is 64.4 Å². The van der Waals surface area contributed by atoms with Crippen LogP contribution in [0.4, 0.5) is 23.8 Å². The van der Waals surface area contributed by atoms with Gasteiger partial charge in [0.2, 0.25) is 0 Å². The second kappa shape index (κ2) is 12.8. The summed E-state index contributed by atoms with van der Waals surface area (Å²) < 4.78 is 53.6. The van der Waals surface area contributed by atoms with Gasteiger partial charge in [0.15, 0.2) is 0 Å². The molecule has 2 unspecified atom stereocenters. The number of likely N-dealkylation sites (tertiary alicyclic amines) is 1. The van der Waals surface area contributed by atoms with Crippen LogP contribution in [0.2, 0.25) is 5.02 Å². The number of carbonyl (C=O) groups excluding carboxylic acids is 1. The number of carbonyl (C=O) groups is 1. The molecule has 0 saturated carbocycles. The maximum atomic E-state index is 14.0. The summed E-state index contributed by atoms with van der Waals surface area (Å²) in [5, 5.41) is 10.2. The van der Waals surface area contributed by atoms with E-state index in [0.717, 1.165) is 18.9 Å². The van der Waals surface area contributed by atoms with Crippen molar-refractivity contribution in [3.8, 4) is 17.3 Å². The van der Waals surface area contributed by atoms with E-state index in [4.69, 9.17) is 26.1 Å². The van der Waals surface area contributed by atoms with Crippen LogP contribution < -0.4 is 9.64 Å². The van der Waals surface area contributed by atoms with E-state index < -0.39 is 23.4 Å². The highest BCUT2D eigenvalue weighted by Crippen LogP contribution is 2.41. The van der Waals surface area contributed by atoms with Gasteiger partial charge in [0.1, 0.15) is 18.0 Å². The number of piperazine rings is 1. The topological polar surface area (TPSA) is 104 Å². The van der Waals surface area contributed by atoms with Crippen LogP contribution >= 0.6 is 11.6 Å². The average molecular weight is 651 g/mol. The lowest BCUT2D eigenvalue weighted by molar-refractivity contribution is -0.137. The van der Waals surface area contributed by atoms with Crippen LogP contribution in [0.3, 0.4) is 0 Å². The Morgan fingerprint density at radius 2 is 1.73 bits per heavy atom. The summed E-state index contributed by atoms with van der Waals surface area (Å²) >= 11 is 6.67. The molecule has 4 heterocycles. The number of alkyl halides is 3. The number of ether oxygens (including phenoxy) is 2. The van der Waals surface area contributed by atoms with Gasteiger partial charge in [0.25, 0.3) is 0 Å². The highest BCUT2D eigenvalue weighted by molar-refractivity contribution is 6.34. The highest BCUT2D eigenvalue weighted by Gasteiger charge is 2.36. The Labute approximate surface area is 265 Å². The van der Waals surface area contributed by atoms with Gasteiger partial charge in [-0.25, -0.2) is 4.79 Å². The lowest BCUT2D eigenvalue weighted by atomic mass is 10.0. The first-order valence-electron chi connectivity index (χ1n) is 14.9. The minimum Gasteiger partial charge on any atom is -0.462 e. The molecule has 0 spiro atoms. The smallest absolute Gasteiger partial charge is 0.418 e. The molecule has 0 aliphatic carbocycles. The zero-order chi connectivity index (χ0) is 32.7. The zero-order valence-electron chi connectivity index (χ0n) is 26.0. The molecule has 5 rings (SSSR count). The van der Waals surface area contributed by atoms with E-state index in [1.165, 1.54) is 12.1 Å². The Balaban J connectivity index is 1.52. The fraction of sp³-hybridized carbons (Fsp3) is 0.548. The van der Waals surface area contributed by atoms with Crippen molar-refractivity contribution in [1.29, 1.82) is 0 Å². The van der Waals surface area contributed by atoms with Crippen LogP contribution in [0.1, 0.15) is 44.9 Å². The standard InChI is InChI=1S/C31H38ClF3N6O4/c1-18-6-9-23(31(33,34)35)26(36-18)21-15-25-22(14-24(21)32)27(40-10-12-41(13-11-40)29(43)45-30(2,3)4)38-28(37-25)44-17-20-8-7-19(16-42)39(20)5/h6,9,14-15,19-20,42H,7-8,10-13,16-17H2,1-5H3. The third kappa shape index (κ3) is 7.36. The first-order chi connectivity index (χ1) is 21.1. The molecule has 14 heteroatoms. The van der Waals surface area contributed by atoms with Crippen molar-refractivity contribution in [3.63, 3.8) is 0 Å². The van der Waals surface area contributed by atoms with Gasteiger partial charge in [-0.2, -0.15) is 23.1 Å². The Kier molecular flexibility index (Phi) is 9.35. The maximum Gasteiger partial charge on any atom is 0.418 e. The number of halogens is 4. The van der Waals surface area contributed by atoms with E-state index in [1.807, 2.05) is 32.7 Å². The van der Waals surface area contributed by atoms with Crippen molar-refractivity contribution in [1.82, 2.24) is 24.8 Å². The Morgan fingerprint density at radius 3 is 2.36 bits per heavy atom. The number of aromatic nitrogens is 3. The van der Waals surface area contributed by atoms with E-state index in [0.29, 0.717) is 48.6 Å². The van der Waals surface area contributed by atoms with Crippen molar-refractivity contribution in [2.24, 2.45) is 0 Å². The molecule has 0 bridgehead atoms. The van der Waals surface area contributed by atoms with Crippen molar-refractivity contribution in [2.75, 3.05) is 51.3 Å². The predicted molar refractivity (Wildman–Crippen MR) is 165 cm³/mol. The van der Waals surface area contributed by atoms with Crippen LogP contribution in [0.5, 0.6) is 6.01 Å². The molecule has 244 valence electrons. The van der Waals surface area contributed by atoms with Gasteiger partial charge in [-0.15, -0.1) is 0 Å². The number of fused-ring (bicyclic) bond motifs is 1. The van der Waals surface area contributed by atoms with Crippen molar-refractivity contribution < 1.29 is 32.5 Å².